The smallest absolute Gasteiger partial charge is 0.231 e. The van der Waals surface area contributed by atoms with Crippen LogP contribution in [0.1, 0.15) is 12.0 Å². The van der Waals surface area contributed by atoms with Gasteiger partial charge in [0.2, 0.25) is 11.8 Å². The molecule has 0 bridgehead atoms. The van der Waals surface area contributed by atoms with Crippen molar-refractivity contribution in [2.24, 2.45) is 5.92 Å². The molecule has 0 radical (unpaired) electrons. The number of anilines is 2. The monoisotopic (exact) mass is 437 g/mol. The van der Waals surface area contributed by atoms with Crippen LogP contribution in [-0.2, 0) is 9.59 Å². The molecule has 31 heavy (non-hydrogen) atoms. The molecule has 2 amide bonds. The van der Waals surface area contributed by atoms with Crippen molar-refractivity contribution in [3.05, 3.63) is 53.4 Å². The molecule has 7 nitrogen and oxygen atoms in total. The third kappa shape index (κ3) is 4.39. The van der Waals surface area contributed by atoms with E-state index in [1.54, 1.807) is 25.2 Å². The molecule has 0 saturated carbocycles. The Balaban J connectivity index is 1.46. The number of ether oxygens (including phenoxy) is 2. The predicted molar refractivity (Wildman–Crippen MR) is 121 cm³/mol. The third-order valence-electron chi connectivity index (χ3n) is 5.23. The number of hydrogen-bond acceptors (Lipinski definition) is 6. The lowest BCUT2D eigenvalue weighted by Crippen LogP contribution is -2.28. The summed E-state index contributed by atoms with van der Waals surface area (Å²) in [5.74, 6) is 0.650. The molecule has 1 saturated heterocycles. The topological polar surface area (TPSA) is 80.8 Å². The van der Waals surface area contributed by atoms with E-state index in [1.165, 1.54) is 11.3 Å². The van der Waals surface area contributed by atoms with Crippen LogP contribution in [-0.4, -0.2) is 37.6 Å². The number of carbonyl (C=O) groups excluding carboxylic acids is 2. The Kier molecular flexibility index (Phi) is 5.90. The van der Waals surface area contributed by atoms with Gasteiger partial charge in [-0.05, 0) is 31.2 Å². The maximum atomic E-state index is 12.8. The number of nitrogens with one attached hydrogen (secondary N) is 1. The Morgan fingerprint density at radius 2 is 2.03 bits per heavy atom. The van der Waals surface area contributed by atoms with E-state index in [2.05, 4.69) is 10.3 Å². The summed E-state index contributed by atoms with van der Waals surface area (Å²) in [6.07, 6.45) is 0.160. The second kappa shape index (κ2) is 8.77. The summed E-state index contributed by atoms with van der Waals surface area (Å²) in [7, 11) is 3.20. The van der Waals surface area contributed by atoms with E-state index >= 15 is 0 Å². The van der Waals surface area contributed by atoms with Crippen LogP contribution in [0.5, 0.6) is 11.5 Å². The van der Waals surface area contributed by atoms with Gasteiger partial charge in [-0.2, -0.15) is 0 Å². The van der Waals surface area contributed by atoms with Crippen LogP contribution in [0.2, 0.25) is 0 Å². The molecule has 4 rings (SSSR count). The Hall–Kier alpha value is -3.39. The number of nitrogens with zero attached hydrogens (tertiary/aromatic N) is 2. The first-order chi connectivity index (χ1) is 15.0. The molecule has 1 aliphatic rings. The third-order valence-corrected chi connectivity index (χ3v) is 5.98. The van der Waals surface area contributed by atoms with Gasteiger partial charge in [0.15, 0.2) is 5.13 Å². The minimum absolute atomic E-state index is 0.0854. The molecule has 8 heteroatoms. The van der Waals surface area contributed by atoms with Gasteiger partial charge in [-0.1, -0.05) is 17.7 Å². The Morgan fingerprint density at radius 3 is 2.81 bits per heavy atom. The predicted octanol–water partition coefficient (Wildman–Crippen LogP) is 4.13. The van der Waals surface area contributed by atoms with Gasteiger partial charge in [-0.25, -0.2) is 4.98 Å². The minimum atomic E-state index is -0.445. The molecule has 1 atom stereocenters. The van der Waals surface area contributed by atoms with E-state index in [9.17, 15) is 9.59 Å². The van der Waals surface area contributed by atoms with Gasteiger partial charge in [0.05, 0.1) is 25.8 Å². The Morgan fingerprint density at radius 1 is 1.19 bits per heavy atom. The highest BCUT2D eigenvalue weighted by Gasteiger charge is 2.35. The van der Waals surface area contributed by atoms with Crippen molar-refractivity contribution in [1.82, 2.24) is 4.98 Å². The van der Waals surface area contributed by atoms with Gasteiger partial charge in [0.25, 0.3) is 0 Å². The fraction of sp³-hybridized carbons (Fsp3) is 0.261. The van der Waals surface area contributed by atoms with Gasteiger partial charge in [0.1, 0.15) is 11.5 Å². The van der Waals surface area contributed by atoms with Crippen LogP contribution in [0.25, 0.3) is 11.3 Å². The first kappa shape index (κ1) is 20.9. The Labute approximate surface area is 184 Å². The molecule has 1 aliphatic heterocycles. The summed E-state index contributed by atoms with van der Waals surface area (Å²) in [5, 5.41) is 5.25. The fourth-order valence-electron chi connectivity index (χ4n) is 3.60. The highest BCUT2D eigenvalue weighted by molar-refractivity contribution is 7.14. The number of thiazole rings is 1. The molecule has 2 aromatic carbocycles. The van der Waals surface area contributed by atoms with E-state index in [0.717, 1.165) is 28.3 Å². The zero-order chi connectivity index (χ0) is 22.0. The van der Waals surface area contributed by atoms with E-state index in [1.807, 2.05) is 48.7 Å². The SMILES string of the molecule is COc1cccc(N2CC(C(=O)Nc3nc(-c4cc(C)ccc4OC)cs3)CC2=O)c1. The molecule has 3 aromatic rings. The quantitative estimate of drug-likeness (QED) is 0.627. The van der Waals surface area contributed by atoms with Crippen molar-refractivity contribution in [1.29, 1.82) is 0 Å². The zero-order valence-electron chi connectivity index (χ0n) is 17.5. The number of aryl methyl sites for hydroxylation is 1. The fourth-order valence-corrected chi connectivity index (χ4v) is 4.31. The van der Waals surface area contributed by atoms with Gasteiger partial charge in [-0.3, -0.25) is 9.59 Å². The molecular formula is C23H23N3O4S. The summed E-state index contributed by atoms with van der Waals surface area (Å²) in [4.78, 5) is 31.5. The summed E-state index contributed by atoms with van der Waals surface area (Å²) >= 11 is 1.35. The molecule has 0 spiro atoms. The standard InChI is InChI=1S/C23H23N3O4S/c1-14-7-8-20(30-3)18(9-14)19-13-31-23(24-19)25-22(28)15-10-21(27)26(12-15)16-5-4-6-17(11-16)29-2/h4-9,11,13,15H,10,12H2,1-3H3,(H,24,25,28). The maximum Gasteiger partial charge on any atom is 0.231 e. The lowest BCUT2D eigenvalue weighted by Gasteiger charge is -2.17. The average Bonchev–Trinajstić information content (AvgIpc) is 3.40. The number of rotatable bonds is 6. The van der Waals surface area contributed by atoms with Crippen LogP contribution in [0.4, 0.5) is 10.8 Å². The highest BCUT2D eigenvalue weighted by atomic mass is 32.1. The number of amides is 2. The molecule has 1 unspecified atom stereocenters. The van der Waals surface area contributed by atoms with Gasteiger partial charge < -0.3 is 19.7 Å². The first-order valence-electron chi connectivity index (χ1n) is 9.84. The van der Waals surface area contributed by atoms with Crippen molar-refractivity contribution in [2.45, 2.75) is 13.3 Å². The van der Waals surface area contributed by atoms with Crippen molar-refractivity contribution < 1.29 is 19.1 Å². The van der Waals surface area contributed by atoms with E-state index < -0.39 is 5.92 Å². The largest absolute Gasteiger partial charge is 0.497 e. The number of aromatic nitrogens is 1. The van der Waals surface area contributed by atoms with E-state index in [-0.39, 0.29) is 18.2 Å². The highest BCUT2D eigenvalue weighted by Crippen LogP contribution is 2.34. The van der Waals surface area contributed by atoms with Crippen LogP contribution >= 0.6 is 11.3 Å². The molecule has 0 aliphatic carbocycles. The molecule has 2 heterocycles. The van der Waals surface area contributed by atoms with Gasteiger partial charge >= 0.3 is 0 Å². The molecule has 160 valence electrons. The van der Waals surface area contributed by atoms with Crippen LogP contribution in [0.3, 0.4) is 0 Å². The second-order valence-corrected chi connectivity index (χ2v) is 8.20. The number of carbonyl (C=O) groups is 2. The van der Waals surface area contributed by atoms with Gasteiger partial charge in [0, 0.05) is 35.7 Å². The van der Waals surface area contributed by atoms with Crippen LogP contribution in [0, 0.1) is 12.8 Å². The maximum absolute atomic E-state index is 12.8. The summed E-state index contributed by atoms with van der Waals surface area (Å²) in [6.45, 7) is 2.32. The number of hydrogen-bond donors (Lipinski definition) is 1. The lowest BCUT2D eigenvalue weighted by atomic mass is 10.1. The van der Waals surface area contributed by atoms with E-state index in [0.29, 0.717) is 17.4 Å². The normalized spacial score (nSPS) is 15.8. The van der Waals surface area contributed by atoms with Crippen molar-refractivity contribution in [2.75, 3.05) is 31.0 Å². The zero-order valence-corrected chi connectivity index (χ0v) is 18.4. The molecule has 1 N–H and O–H groups in total. The van der Waals surface area contributed by atoms with Crippen molar-refractivity contribution in [3.8, 4) is 22.8 Å². The number of benzene rings is 2. The van der Waals surface area contributed by atoms with Crippen molar-refractivity contribution in [3.63, 3.8) is 0 Å². The lowest BCUT2D eigenvalue weighted by molar-refractivity contribution is -0.122. The summed E-state index contributed by atoms with van der Waals surface area (Å²) < 4.78 is 10.7. The van der Waals surface area contributed by atoms with Gasteiger partial charge in [-0.15, -0.1) is 11.3 Å². The van der Waals surface area contributed by atoms with Crippen LogP contribution < -0.4 is 19.7 Å². The summed E-state index contributed by atoms with van der Waals surface area (Å²) in [6, 6.07) is 13.1. The van der Waals surface area contributed by atoms with Crippen molar-refractivity contribution >= 4 is 34.0 Å². The van der Waals surface area contributed by atoms with E-state index in [4.69, 9.17) is 9.47 Å². The molecule has 1 aromatic heterocycles. The molecular weight excluding hydrogens is 414 g/mol. The second-order valence-electron chi connectivity index (χ2n) is 7.34. The average molecular weight is 438 g/mol. The summed E-state index contributed by atoms with van der Waals surface area (Å²) in [5.41, 5.74) is 3.43. The van der Waals surface area contributed by atoms with Crippen LogP contribution in [0.15, 0.2) is 47.8 Å². The number of methoxy groups -OCH3 is 2. The minimum Gasteiger partial charge on any atom is -0.497 e. The Bertz CT molecular complexity index is 1130. The first-order valence-corrected chi connectivity index (χ1v) is 10.7. The molecule has 1 fully saturated rings.